The first-order valence-corrected chi connectivity index (χ1v) is 16.7. The number of rotatable bonds is 11. The summed E-state index contributed by atoms with van der Waals surface area (Å²) >= 11 is 7.43. The normalized spacial score (nSPS) is 14.2. The van der Waals surface area contributed by atoms with Crippen molar-refractivity contribution in [1.82, 2.24) is 4.57 Å². The summed E-state index contributed by atoms with van der Waals surface area (Å²) in [5, 5.41) is 0.608. The average molecular weight is 681 g/mol. The van der Waals surface area contributed by atoms with Crippen LogP contribution in [0.2, 0.25) is 5.02 Å². The predicted octanol–water partition coefficient (Wildman–Crippen LogP) is 6.58. The van der Waals surface area contributed by atoms with Crippen LogP contribution < -0.4 is 29.1 Å². The number of aromatic nitrogens is 1. The number of ether oxygens (including phenoxy) is 4. The van der Waals surface area contributed by atoms with Gasteiger partial charge in [0, 0.05) is 16.1 Å². The number of nitrogens with zero attached hydrogens (tertiary/aromatic N) is 2. The molecule has 0 fully saturated rings. The molecule has 0 N–H and O–H groups in total. The largest absolute Gasteiger partial charge is 0.494 e. The minimum absolute atomic E-state index is 0.165. The zero-order chi connectivity index (χ0) is 33.6. The molecule has 0 aliphatic carbocycles. The Bertz CT molecular complexity index is 2160. The average Bonchev–Trinajstić information content (AvgIpc) is 3.41. The fraction of sp³-hybridized carbons (Fsp3) is 0.184. The molecule has 2 heterocycles. The summed E-state index contributed by atoms with van der Waals surface area (Å²) in [6.07, 6.45) is 1.77. The SMILES string of the molecule is CCOC(=O)C1=C(c2ccccc2)N=c2s/c(=C\c3cccc(OC)c3OCc3cccc(Cl)c3)c(=O)n2[C@H]1c1ccc(OCC)cc1. The second kappa shape index (κ2) is 14.8. The molecule has 8 nitrogen and oxygen atoms in total. The Morgan fingerprint density at radius 1 is 0.938 bits per heavy atom. The summed E-state index contributed by atoms with van der Waals surface area (Å²) in [6, 6.07) is 29.0. The van der Waals surface area contributed by atoms with Crippen molar-refractivity contribution in [3.63, 3.8) is 0 Å². The van der Waals surface area contributed by atoms with Crippen molar-refractivity contribution in [2.24, 2.45) is 4.99 Å². The molecule has 1 aliphatic rings. The molecular weight excluding hydrogens is 648 g/mol. The van der Waals surface area contributed by atoms with E-state index in [0.29, 0.717) is 55.0 Å². The number of fused-ring (bicyclic) bond motifs is 1. The number of benzene rings is 4. The van der Waals surface area contributed by atoms with Crippen molar-refractivity contribution in [3.05, 3.63) is 150 Å². The Morgan fingerprint density at radius 2 is 1.71 bits per heavy atom. The minimum atomic E-state index is -0.808. The summed E-state index contributed by atoms with van der Waals surface area (Å²) in [5.41, 5.74) is 3.39. The molecule has 10 heteroatoms. The predicted molar refractivity (Wildman–Crippen MR) is 187 cm³/mol. The highest BCUT2D eigenvalue weighted by atomic mass is 35.5. The lowest BCUT2D eigenvalue weighted by molar-refractivity contribution is -0.138. The second-order valence-electron chi connectivity index (χ2n) is 10.7. The highest BCUT2D eigenvalue weighted by molar-refractivity contribution is 7.07. The molecule has 0 unspecified atom stereocenters. The van der Waals surface area contributed by atoms with Gasteiger partial charge in [-0.05, 0) is 61.4 Å². The number of esters is 1. The van der Waals surface area contributed by atoms with Gasteiger partial charge in [0.1, 0.15) is 12.4 Å². The van der Waals surface area contributed by atoms with Crippen LogP contribution in [0.3, 0.4) is 0 Å². The quantitative estimate of drug-likeness (QED) is 0.147. The number of methoxy groups -OCH3 is 1. The molecule has 0 bridgehead atoms. The van der Waals surface area contributed by atoms with Crippen molar-refractivity contribution in [1.29, 1.82) is 0 Å². The summed E-state index contributed by atoms with van der Waals surface area (Å²) in [5.74, 6) is 1.13. The van der Waals surface area contributed by atoms with Gasteiger partial charge in [0.2, 0.25) is 0 Å². The topological polar surface area (TPSA) is 88.4 Å². The third kappa shape index (κ3) is 6.79. The van der Waals surface area contributed by atoms with Gasteiger partial charge >= 0.3 is 5.97 Å². The van der Waals surface area contributed by atoms with Crippen molar-refractivity contribution >= 4 is 40.7 Å². The van der Waals surface area contributed by atoms with Gasteiger partial charge in [0.15, 0.2) is 16.3 Å². The van der Waals surface area contributed by atoms with E-state index in [-0.39, 0.29) is 24.3 Å². The van der Waals surface area contributed by atoms with Gasteiger partial charge in [-0.2, -0.15) is 0 Å². The van der Waals surface area contributed by atoms with Crippen LogP contribution in [0.1, 0.15) is 42.1 Å². The molecule has 0 spiro atoms. The van der Waals surface area contributed by atoms with Gasteiger partial charge in [-0.15, -0.1) is 0 Å². The third-order valence-corrected chi connectivity index (χ3v) is 8.89. The standard InChI is InChI=1S/C38H33ClN2O6S/c1-4-45-29-19-17-26(18-20-29)34-32(37(43)46-5-2)33(25-12-7-6-8-13-25)40-38-41(34)36(42)31(48-38)22-27-14-10-16-30(44-3)35(27)47-23-24-11-9-15-28(39)21-24/h6-22,34H,4-5,23H2,1-3H3/b31-22-/t34-/m0/s1. The molecule has 0 amide bonds. The van der Waals surface area contributed by atoms with Crippen LogP contribution in [-0.4, -0.2) is 30.9 Å². The highest BCUT2D eigenvalue weighted by Crippen LogP contribution is 2.36. The summed E-state index contributed by atoms with van der Waals surface area (Å²) in [7, 11) is 1.57. The Hall–Kier alpha value is -5.12. The molecule has 244 valence electrons. The van der Waals surface area contributed by atoms with Crippen LogP contribution in [0.25, 0.3) is 11.8 Å². The lowest BCUT2D eigenvalue weighted by Gasteiger charge is -2.26. The fourth-order valence-corrected chi connectivity index (χ4v) is 6.76. The van der Waals surface area contributed by atoms with Gasteiger partial charge in [-0.3, -0.25) is 9.36 Å². The Morgan fingerprint density at radius 3 is 2.42 bits per heavy atom. The van der Waals surface area contributed by atoms with Crippen LogP contribution >= 0.6 is 22.9 Å². The van der Waals surface area contributed by atoms with Crippen molar-refractivity contribution < 1.29 is 23.7 Å². The molecule has 0 radical (unpaired) electrons. The first kappa shape index (κ1) is 32.8. The smallest absolute Gasteiger partial charge is 0.338 e. The van der Waals surface area contributed by atoms with Gasteiger partial charge in [-0.1, -0.05) is 89.7 Å². The first-order chi connectivity index (χ1) is 23.4. The third-order valence-electron chi connectivity index (χ3n) is 7.67. The highest BCUT2D eigenvalue weighted by Gasteiger charge is 2.35. The molecule has 4 aromatic carbocycles. The van der Waals surface area contributed by atoms with E-state index >= 15 is 0 Å². The zero-order valence-corrected chi connectivity index (χ0v) is 28.2. The van der Waals surface area contributed by atoms with Crippen LogP contribution in [0, 0.1) is 0 Å². The number of carbonyl (C=O) groups excluding carboxylic acids is 1. The summed E-state index contributed by atoms with van der Waals surface area (Å²) in [4.78, 5) is 33.6. The molecule has 1 aliphatic heterocycles. The lowest BCUT2D eigenvalue weighted by Crippen LogP contribution is -2.40. The maximum absolute atomic E-state index is 14.4. The number of para-hydroxylation sites is 1. The number of hydrogen-bond acceptors (Lipinski definition) is 8. The monoisotopic (exact) mass is 680 g/mol. The Kier molecular flexibility index (Phi) is 10.1. The number of hydrogen-bond donors (Lipinski definition) is 0. The minimum Gasteiger partial charge on any atom is -0.494 e. The maximum atomic E-state index is 14.4. The van der Waals surface area contributed by atoms with Crippen LogP contribution in [0.5, 0.6) is 17.2 Å². The molecular formula is C38H33ClN2O6S. The molecule has 6 rings (SSSR count). The van der Waals surface area contributed by atoms with Crippen molar-refractivity contribution in [2.75, 3.05) is 20.3 Å². The summed E-state index contributed by atoms with van der Waals surface area (Å²) < 4.78 is 25.1. The Labute approximate surface area is 286 Å². The van der Waals surface area contributed by atoms with Gasteiger partial charge in [-0.25, -0.2) is 9.79 Å². The van der Waals surface area contributed by atoms with E-state index in [1.165, 1.54) is 11.3 Å². The number of carbonyl (C=O) groups is 1. The van der Waals surface area contributed by atoms with Gasteiger partial charge in [0.05, 0.1) is 42.2 Å². The Balaban J connectivity index is 1.54. The summed E-state index contributed by atoms with van der Waals surface area (Å²) in [6.45, 7) is 4.58. The van der Waals surface area contributed by atoms with Crippen LogP contribution in [-0.2, 0) is 16.1 Å². The molecule has 1 atom stereocenters. The van der Waals surface area contributed by atoms with Crippen LogP contribution in [0.15, 0.2) is 112 Å². The molecule has 48 heavy (non-hydrogen) atoms. The van der Waals surface area contributed by atoms with Crippen molar-refractivity contribution in [2.45, 2.75) is 26.5 Å². The van der Waals surface area contributed by atoms with E-state index in [9.17, 15) is 9.59 Å². The van der Waals surface area contributed by atoms with E-state index in [1.54, 1.807) is 36.8 Å². The van der Waals surface area contributed by atoms with E-state index in [4.69, 9.17) is 35.5 Å². The molecule has 1 aromatic heterocycles. The fourth-order valence-electron chi connectivity index (χ4n) is 5.55. The molecule has 5 aromatic rings. The number of halogens is 1. The molecule has 0 saturated heterocycles. The van der Waals surface area contributed by atoms with Crippen molar-refractivity contribution in [3.8, 4) is 17.2 Å². The second-order valence-corrected chi connectivity index (χ2v) is 12.2. The lowest BCUT2D eigenvalue weighted by atomic mass is 9.93. The molecule has 0 saturated carbocycles. The van der Waals surface area contributed by atoms with E-state index in [0.717, 1.165) is 11.1 Å². The van der Waals surface area contributed by atoms with Crippen LogP contribution in [0.4, 0.5) is 0 Å². The number of thiazole rings is 1. The maximum Gasteiger partial charge on any atom is 0.338 e. The van der Waals surface area contributed by atoms with Gasteiger partial charge in [0.25, 0.3) is 5.56 Å². The first-order valence-electron chi connectivity index (χ1n) is 15.5. The zero-order valence-electron chi connectivity index (χ0n) is 26.6. The van der Waals surface area contributed by atoms with E-state index in [2.05, 4.69) is 0 Å². The van der Waals surface area contributed by atoms with E-state index < -0.39 is 12.0 Å². The van der Waals surface area contributed by atoms with E-state index in [1.807, 2.05) is 91.9 Å². The van der Waals surface area contributed by atoms with Gasteiger partial charge < -0.3 is 18.9 Å².